The topological polar surface area (TPSA) is 96.6 Å². The van der Waals surface area contributed by atoms with Gasteiger partial charge in [-0.05, 0) is 12.0 Å². The van der Waals surface area contributed by atoms with Gasteiger partial charge in [-0.3, -0.25) is 14.6 Å². The smallest absolute Gasteiger partial charge is 0.223 e. The number of rotatable bonds is 6. The average molecular weight is 288 g/mol. The Morgan fingerprint density at radius 3 is 2.62 bits per heavy atom. The highest BCUT2D eigenvalue weighted by atomic mass is 16.2. The normalized spacial score (nSPS) is 15.0. The van der Waals surface area contributed by atoms with E-state index in [0.717, 1.165) is 30.1 Å². The van der Waals surface area contributed by atoms with Gasteiger partial charge in [0, 0.05) is 25.6 Å². The molecule has 6 heteroatoms. The maximum atomic E-state index is 11.8. The molecular formula is C15H20N4O2. The molecule has 1 aliphatic rings. The summed E-state index contributed by atoms with van der Waals surface area (Å²) in [5, 5.41) is 5.78. The van der Waals surface area contributed by atoms with Crippen LogP contribution in [0.5, 0.6) is 0 Å². The predicted octanol–water partition coefficient (Wildman–Crippen LogP) is -0.183. The molecule has 1 aromatic carbocycles. The monoisotopic (exact) mass is 288 g/mol. The Bertz CT molecular complexity index is 551. The quantitative estimate of drug-likeness (QED) is 0.677. The van der Waals surface area contributed by atoms with Crippen LogP contribution in [-0.4, -0.2) is 37.8 Å². The van der Waals surface area contributed by atoms with Gasteiger partial charge in [0.05, 0.1) is 12.5 Å². The number of hydrogen-bond acceptors (Lipinski definition) is 4. The Kier molecular flexibility index (Phi) is 4.92. The first-order valence-electron chi connectivity index (χ1n) is 6.97. The zero-order valence-electron chi connectivity index (χ0n) is 12.1. The molecule has 21 heavy (non-hydrogen) atoms. The average Bonchev–Trinajstić information content (AvgIpc) is 3.00. The fourth-order valence-corrected chi connectivity index (χ4v) is 2.38. The molecule has 1 atom stereocenters. The van der Waals surface area contributed by atoms with Gasteiger partial charge in [0.2, 0.25) is 11.8 Å². The SMILES string of the molecule is CNC(=O)C(CC(N)=O)Cc1ccc(C2=NCCN2)cc1. The minimum absolute atomic E-state index is 0.0513. The lowest BCUT2D eigenvalue weighted by Crippen LogP contribution is -2.32. The first-order valence-corrected chi connectivity index (χ1v) is 6.97. The van der Waals surface area contributed by atoms with Crippen LogP contribution in [0.4, 0.5) is 0 Å². The summed E-state index contributed by atoms with van der Waals surface area (Å²) in [5.74, 6) is -0.161. The molecule has 0 saturated carbocycles. The lowest BCUT2D eigenvalue weighted by atomic mass is 9.94. The summed E-state index contributed by atoms with van der Waals surface area (Å²) in [6, 6.07) is 7.85. The molecular weight excluding hydrogens is 268 g/mol. The van der Waals surface area contributed by atoms with Gasteiger partial charge in [-0.2, -0.15) is 0 Å². The van der Waals surface area contributed by atoms with Gasteiger partial charge in [-0.15, -0.1) is 0 Å². The number of primary amides is 1. The number of benzene rings is 1. The van der Waals surface area contributed by atoms with E-state index in [1.807, 2.05) is 24.3 Å². The molecule has 0 aromatic heterocycles. The molecule has 2 amide bonds. The fourth-order valence-electron chi connectivity index (χ4n) is 2.38. The number of carbonyl (C=O) groups excluding carboxylic acids is 2. The molecule has 0 bridgehead atoms. The molecule has 0 spiro atoms. The number of carbonyl (C=O) groups is 2. The van der Waals surface area contributed by atoms with Gasteiger partial charge in [0.15, 0.2) is 0 Å². The molecule has 1 heterocycles. The minimum Gasteiger partial charge on any atom is -0.370 e. The van der Waals surface area contributed by atoms with Crippen LogP contribution in [0.15, 0.2) is 29.3 Å². The van der Waals surface area contributed by atoms with Crippen molar-refractivity contribution in [1.29, 1.82) is 0 Å². The molecule has 0 aliphatic carbocycles. The fraction of sp³-hybridized carbons (Fsp3) is 0.400. The van der Waals surface area contributed by atoms with Crippen LogP contribution < -0.4 is 16.4 Å². The Morgan fingerprint density at radius 1 is 1.38 bits per heavy atom. The van der Waals surface area contributed by atoms with Crippen LogP contribution in [0, 0.1) is 5.92 Å². The first-order chi connectivity index (χ1) is 10.1. The molecule has 4 N–H and O–H groups in total. The second-order valence-electron chi connectivity index (χ2n) is 5.04. The molecule has 0 fully saturated rings. The largest absolute Gasteiger partial charge is 0.370 e. The van der Waals surface area contributed by atoms with Crippen LogP contribution >= 0.6 is 0 Å². The molecule has 0 saturated heterocycles. The Hall–Kier alpha value is -2.37. The summed E-state index contributed by atoms with van der Waals surface area (Å²) in [4.78, 5) is 27.2. The van der Waals surface area contributed by atoms with E-state index in [1.54, 1.807) is 7.05 Å². The van der Waals surface area contributed by atoms with E-state index in [0.29, 0.717) is 6.42 Å². The number of amides is 2. The van der Waals surface area contributed by atoms with E-state index < -0.39 is 11.8 Å². The van der Waals surface area contributed by atoms with E-state index in [4.69, 9.17) is 5.73 Å². The van der Waals surface area contributed by atoms with Crippen molar-refractivity contribution in [1.82, 2.24) is 10.6 Å². The highest BCUT2D eigenvalue weighted by Gasteiger charge is 2.20. The van der Waals surface area contributed by atoms with Crippen molar-refractivity contribution in [2.45, 2.75) is 12.8 Å². The summed E-state index contributed by atoms with van der Waals surface area (Å²) in [6.07, 6.45) is 0.540. The van der Waals surface area contributed by atoms with Crippen LogP contribution in [-0.2, 0) is 16.0 Å². The molecule has 6 nitrogen and oxygen atoms in total. The molecule has 2 rings (SSSR count). The van der Waals surface area contributed by atoms with Gasteiger partial charge in [0.25, 0.3) is 0 Å². The minimum atomic E-state index is -0.468. The summed E-state index contributed by atoms with van der Waals surface area (Å²) in [7, 11) is 1.56. The summed E-state index contributed by atoms with van der Waals surface area (Å²) in [5.41, 5.74) is 7.23. The van der Waals surface area contributed by atoms with Gasteiger partial charge in [-0.25, -0.2) is 0 Å². The highest BCUT2D eigenvalue weighted by molar-refractivity contribution is 5.99. The van der Waals surface area contributed by atoms with Crippen molar-refractivity contribution >= 4 is 17.6 Å². The molecule has 112 valence electrons. The maximum absolute atomic E-state index is 11.8. The van der Waals surface area contributed by atoms with Crippen molar-refractivity contribution in [3.05, 3.63) is 35.4 Å². The summed E-state index contributed by atoms with van der Waals surface area (Å²) >= 11 is 0. The van der Waals surface area contributed by atoms with Gasteiger partial charge in [-0.1, -0.05) is 24.3 Å². The zero-order valence-corrected chi connectivity index (χ0v) is 12.1. The lowest BCUT2D eigenvalue weighted by Gasteiger charge is -2.14. The first kappa shape index (κ1) is 15.0. The third kappa shape index (κ3) is 4.05. The van der Waals surface area contributed by atoms with Gasteiger partial charge < -0.3 is 16.4 Å². The zero-order chi connectivity index (χ0) is 15.2. The second-order valence-corrected chi connectivity index (χ2v) is 5.04. The van der Waals surface area contributed by atoms with Crippen molar-refractivity contribution in [3.8, 4) is 0 Å². The van der Waals surface area contributed by atoms with E-state index in [-0.39, 0.29) is 12.3 Å². The summed E-state index contributed by atoms with van der Waals surface area (Å²) < 4.78 is 0. The van der Waals surface area contributed by atoms with Crippen LogP contribution in [0.1, 0.15) is 17.5 Å². The van der Waals surface area contributed by atoms with Gasteiger partial charge in [0.1, 0.15) is 5.84 Å². The van der Waals surface area contributed by atoms with Crippen LogP contribution in [0.3, 0.4) is 0 Å². The van der Waals surface area contributed by atoms with E-state index in [1.165, 1.54) is 0 Å². The number of aliphatic imine (C=N–C) groups is 1. The number of nitrogens with zero attached hydrogens (tertiary/aromatic N) is 1. The number of nitrogens with one attached hydrogen (secondary N) is 2. The number of nitrogens with two attached hydrogens (primary N) is 1. The standard InChI is InChI=1S/C15H20N4O2/c1-17-15(21)12(9-13(16)20)8-10-2-4-11(5-3-10)14-18-6-7-19-14/h2-5,12H,6-9H2,1H3,(H2,16,20)(H,17,21)(H,18,19). The third-order valence-electron chi connectivity index (χ3n) is 3.45. The van der Waals surface area contributed by atoms with E-state index in [9.17, 15) is 9.59 Å². The molecule has 1 aliphatic heterocycles. The van der Waals surface area contributed by atoms with Gasteiger partial charge >= 0.3 is 0 Å². The Labute approximate surface area is 123 Å². The van der Waals surface area contributed by atoms with Crippen LogP contribution in [0.2, 0.25) is 0 Å². The van der Waals surface area contributed by atoms with Crippen molar-refractivity contribution < 1.29 is 9.59 Å². The van der Waals surface area contributed by atoms with E-state index in [2.05, 4.69) is 15.6 Å². The number of amidine groups is 1. The molecule has 1 unspecified atom stereocenters. The van der Waals surface area contributed by atoms with Crippen molar-refractivity contribution in [2.75, 3.05) is 20.1 Å². The second kappa shape index (κ2) is 6.88. The lowest BCUT2D eigenvalue weighted by molar-refractivity contribution is -0.128. The molecule has 1 aromatic rings. The van der Waals surface area contributed by atoms with Crippen LogP contribution in [0.25, 0.3) is 0 Å². The predicted molar refractivity (Wildman–Crippen MR) is 80.9 cm³/mol. The van der Waals surface area contributed by atoms with Crippen molar-refractivity contribution in [2.24, 2.45) is 16.6 Å². The Morgan fingerprint density at radius 2 is 2.10 bits per heavy atom. The Balaban J connectivity index is 2.06. The highest BCUT2D eigenvalue weighted by Crippen LogP contribution is 2.14. The summed E-state index contributed by atoms with van der Waals surface area (Å²) in [6.45, 7) is 1.67. The third-order valence-corrected chi connectivity index (χ3v) is 3.45. The number of hydrogen-bond donors (Lipinski definition) is 3. The van der Waals surface area contributed by atoms with E-state index >= 15 is 0 Å². The van der Waals surface area contributed by atoms with Crippen molar-refractivity contribution in [3.63, 3.8) is 0 Å². The molecule has 0 radical (unpaired) electrons. The maximum Gasteiger partial charge on any atom is 0.223 e.